The van der Waals surface area contributed by atoms with Crippen LogP contribution in [0.3, 0.4) is 0 Å². The van der Waals surface area contributed by atoms with Crippen LogP contribution in [0.4, 0.5) is 0 Å². The quantitative estimate of drug-likeness (QED) is 0.165. The summed E-state index contributed by atoms with van der Waals surface area (Å²) in [6, 6.07) is 7.62. The zero-order valence-electron chi connectivity index (χ0n) is 26.9. The largest absolute Gasteiger partial charge is 0.496 e. The molecule has 11 nitrogen and oxygen atoms in total. The minimum Gasteiger partial charge on any atom is -0.496 e. The van der Waals surface area contributed by atoms with Gasteiger partial charge in [0.1, 0.15) is 34.7 Å². The van der Waals surface area contributed by atoms with Gasteiger partial charge in [-0.15, -0.1) is 0 Å². The summed E-state index contributed by atoms with van der Waals surface area (Å²) in [4.78, 5) is 43.4. The van der Waals surface area contributed by atoms with Gasteiger partial charge in [0.25, 0.3) is 0 Å². The monoisotopic (exact) mass is 655 g/mol. The van der Waals surface area contributed by atoms with E-state index in [1.54, 1.807) is 13.8 Å². The van der Waals surface area contributed by atoms with Crippen molar-refractivity contribution in [2.75, 3.05) is 20.3 Å². The standard InChI is InChI=1S/C37H37NO10/c1-4-46-36(43)33-24(16-40)27(20-13-21(15-39)30(42)23(14-20)18-7-8-26-19(12-18)9-11-38-26)29-32(47-33)25(17-41)31-28(34(29)45-3)22-6-5-10-37(2,44)35(22)48-31/h5-9,11-12,16,21-23,35,38-39,41,44H,4,10,13-15,17H2,1-3H3. The molecule has 2 aliphatic heterocycles. The zero-order valence-corrected chi connectivity index (χ0v) is 26.9. The summed E-state index contributed by atoms with van der Waals surface area (Å²) in [7, 11) is 1.47. The van der Waals surface area contributed by atoms with Crippen molar-refractivity contribution in [3.63, 3.8) is 0 Å². The van der Waals surface area contributed by atoms with Crippen molar-refractivity contribution in [3.8, 4) is 17.2 Å². The fourth-order valence-corrected chi connectivity index (χ4v) is 7.80. The predicted octanol–water partition coefficient (Wildman–Crippen LogP) is 4.14. The van der Waals surface area contributed by atoms with E-state index < -0.39 is 48.6 Å². The van der Waals surface area contributed by atoms with E-state index >= 15 is 0 Å². The molecule has 5 unspecified atom stereocenters. The van der Waals surface area contributed by atoms with Crippen molar-refractivity contribution < 1.29 is 48.7 Å². The number of allylic oxidation sites excluding steroid dienone is 3. The molecule has 0 bridgehead atoms. The minimum atomic E-state index is -1.24. The lowest BCUT2D eigenvalue weighted by atomic mass is 9.71. The fourth-order valence-electron chi connectivity index (χ4n) is 7.80. The van der Waals surface area contributed by atoms with Crippen LogP contribution in [0.15, 0.2) is 59.5 Å². The number of hydrogen-bond acceptors (Lipinski definition) is 10. The second kappa shape index (κ2) is 12.1. The average molecular weight is 656 g/mol. The molecule has 11 heteroatoms. The Morgan fingerprint density at radius 2 is 2.00 bits per heavy atom. The van der Waals surface area contributed by atoms with Gasteiger partial charge in [0.05, 0.1) is 43.6 Å². The molecule has 3 heterocycles. The number of rotatable bonds is 7. The van der Waals surface area contributed by atoms with Crippen molar-refractivity contribution >= 4 is 34.5 Å². The van der Waals surface area contributed by atoms with Crippen molar-refractivity contribution in [2.45, 2.75) is 63.3 Å². The van der Waals surface area contributed by atoms with Crippen LogP contribution in [0.25, 0.3) is 16.5 Å². The summed E-state index contributed by atoms with van der Waals surface area (Å²) >= 11 is 0. The number of fused-ring (bicyclic) bond motifs is 5. The number of nitrogens with one attached hydrogen (secondary N) is 1. The third-order valence-corrected chi connectivity index (χ3v) is 10.0. The maximum Gasteiger partial charge on any atom is 0.375 e. The number of hydrogen-bond donors (Lipinski definition) is 4. The lowest BCUT2D eigenvalue weighted by Gasteiger charge is -2.35. The first-order valence-electron chi connectivity index (χ1n) is 16.1. The Kier molecular flexibility index (Phi) is 8.01. The molecular formula is C37H37NO10. The van der Waals surface area contributed by atoms with Gasteiger partial charge in [0, 0.05) is 40.6 Å². The molecule has 1 saturated carbocycles. The third kappa shape index (κ3) is 4.79. The highest BCUT2D eigenvalue weighted by molar-refractivity contribution is 6.11. The first-order chi connectivity index (χ1) is 23.2. The summed E-state index contributed by atoms with van der Waals surface area (Å²) in [5.74, 6) is -2.69. The number of carbonyl (C=O) groups excluding carboxylic acids is 3. The van der Waals surface area contributed by atoms with E-state index in [9.17, 15) is 29.7 Å². The Balaban J connectivity index is 1.52. The molecule has 0 amide bonds. The van der Waals surface area contributed by atoms with Crippen LogP contribution in [0.1, 0.15) is 67.2 Å². The predicted molar refractivity (Wildman–Crippen MR) is 174 cm³/mol. The minimum absolute atomic E-state index is 0.00956. The van der Waals surface area contributed by atoms with Crippen LogP contribution in [0.2, 0.25) is 0 Å². The lowest BCUT2D eigenvalue weighted by Crippen LogP contribution is -2.45. The number of benzene rings is 2. The normalized spacial score (nSPS) is 27.6. The Morgan fingerprint density at radius 3 is 2.71 bits per heavy atom. The van der Waals surface area contributed by atoms with Crippen molar-refractivity contribution in [1.29, 1.82) is 0 Å². The number of Topliss-reactive ketones (excluding diaryl/α,β-unsaturated/α-hetero) is 1. The highest BCUT2D eigenvalue weighted by Crippen LogP contribution is 2.60. The Bertz CT molecular complexity index is 1950. The number of aliphatic hydroxyl groups excluding tert-OH is 2. The van der Waals surface area contributed by atoms with Gasteiger partial charge >= 0.3 is 5.97 Å². The number of aldehydes is 1. The molecule has 2 aliphatic carbocycles. The number of carbonyl (C=O) groups is 3. The molecule has 7 rings (SSSR count). The number of esters is 1. The number of ketones is 1. The summed E-state index contributed by atoms with van der Waals surface area (Å²) < 4.78 is 24.0. The molecule has 0 radical (unpaired) electrons. The van der Waals surface area contributed by atoms with E-state index in [0.29, 0.717) is 40.7 Å². The van der Waals surface area contributed by atoms with Gasteiger partial charge in [0.2, 0.25) is 5.76 Å². The molecule has 3 aromatic rings. The molecule has 4 aliphatic rings. The maximum absolute atomic E-state index is 13.8. The fraction of sp³-hybridized carbons (Fsp3) is 0.378. The van der Waals surface area contributed by atoms with Gasteiger partial charge in [-0.05, 0) is 62.3 Å². The zero-order chi connectivity index (χ0) is 33.9. The van der Waals surface area contributed by atoms with E-state index in [-0.39, 0.29) is 53.6 Å². The Morgan fingerprint density at radius 1 is 1.19 bits per heavy atom. The highest BCUT2D eigenvalue weighted by Gasteiger charge is 2.51. The molecule has 1 fully saturated rings. The van der Waals surface area contributed by atoms with Gasteiger partial charge in [-0.1, -0.05) is 23.8 Å². The number of ether oxygens (including phenoxy) is 4. The van der Waals surface area contributed by atoms with Crippen molar-refractivity contribution in [1.82, 2.24) is 4.98 Å². The average Bonchev–Trinajstić information content (AvgIpc) is 3.72. The molecule has 4 N–H and O–H groups in total. The Labute approximate surface area is 276 Å². The molecule has 0 spiro atoms. The number of H-pyrrole nitrogens is 1. The molecule has 48 heavy (non-hydrogen) atoms. The second-order valence-corrected chi connectivity index (χ2v) is 12.9. The van der Waals surface area contributed by atoms with E-state index in [1.807, 2.05) is 42.6 Å². The van der Waals surface area contributed by atoms with Gasteiger partial charge in [-0.2, -0.15) is 0 Å². The van der Waals surface area contributed by atoms with Gasteiger partial charge in [-0.25, -0.2) is 4.79 Å². The first kappa shape index (κ1) is 31.9. The number of aromatic amines is 1. The van der Waals surface area contributed by atoms with E-state index in [0.717, 1.165) is 16.5 Å². The number of aromatic nitrogens is 1. The third-order valence-electron chi connectivity index (χ3n) is 10.0. The van der Waals surface area contributed by atoms with Gasteiger partial charge in [-0.3, -0.25) is 9.59 Å². The van der Waals surface area contributed by atoms with E-state index in [2.05, 4.69) is 4.98 Å². The summed E-state index contributed by atoms with van der Waals surface area (Å²) in [5, 5.41) is 33.5. The topological polar surface area (TPSA) is 165 Å². The van der Waals surface area contributed by atoms with E-state index in [4.69, 9.17) is 18.9 Å². The summed E-state index contributed by atoms with van der Waals surface area (Å²) in [6.45, 7) is 2.33. The van der Waals surface area contributed by atoms with Crippen LogP contribution in [0, 0.1) is 5.92 Å². The highest BCUT2D eigenvalue weighted by atomic mass is 16.6. The molecule has 5 atom stereocenters. The van der Waals surface area contributed by atoms with Crippen molar-refractivity contribution in [3.05, 3.63) is 81.8 Å². The van der Waals surface area contributed by atoms with E-state index in [1.165, 1.54) is 7.11 Å². The molecule has 1 aromatic heterocycles. The van der Waals surface area contributed by atoms with Crippen LogP contribution < -0.4 is 14.2 Å². The van der Waals surface area contributed by atoms with Crippen LogP contribution in [-0.4, -0.2) is 70.4 Å². The second-order valence-electron chi connectivity index (χ2n) is 12.9. The number of methoxy groups -OCH3 is 1. The smallest absolute Gasteiger partial charge is 0.375 e. The SMILES string of the molecule is CCOC(=O)C1=C(C=O)C(=C2CC(CO)C(=O)C(c3ccc4[nH]ccc4c3)C2)c2c(c(CO)c3c(c2OC)C2C=CCC(C)(O)C2O3)O1. The summed E-state index contributed by atoms with van der Waals surface area (Å²) in [5.41, 5.74) is 2.37. The van der Waals surface area contributed by atoms with Crippen molar-refractivity contribution in [2.24, 2.45) is 5.92 Å². The van der Waals surface area contributed by atoms with Crippen LogP contribution >= 0.6 is 0 Å². The number of aliphatic hydroxyl groups is 3. The van der Waals surface area contributed by atoms with Crippen LogP contribution in [-0.2, 0) is 25.7 Å². The van der Waals surface area contributed by atoms with Crippen LogP contribution in [0.5, 0.6) is 17.2 Å². The first-order valence-corrected chi connectivity index (χ1v) is 16.1. The Hall–Kier alpha value is -4.71. The van der Waals surface area contributed by atoms with Gasteiger partial charge < -0.3 is 39.3 Å². The molecule has 2 aromatic carbocycles. The molecule has 0 saturated heterocycles. The summed E-state index contributed by atoms with van der Waals surface area (Å²) in [6.07, 6.45) is 6.06. The molecular weight excluding hydrogens is 618 g/mol. The van der Waals surface area contributed by atoms with Gasteiger partial charge in [0.15, 0.2) is 6.29 Å². The lowest BCUT2D eigenvalue weighted by molar-refractivity contribution is -0.141. The molecule has 250 valence electrons. The maximum atomic E-state index is 13.8.